The van der Waals surface area contributed by atoms with Gasteiger partial charge in [0.1, 0.15) is 0 Å². The minimum absolute atomic E-state index is 0.0576. The Morgan fingerprint density at radius 2 is 1.89 bits per heavy atom. The molecule has 196 valence electrons. The standard InChI is InChI=1S/C25H26ClN3O6S2/c1-35-15-2-13-27(37(33,34)21-9-7-20(8-10-21)29(31)32)17-24(30)28-14-11-23-22(12-16-36-23)25(28)18-3-5-19(26)6-4-18/h3-10,12,16,25H,2,11,13-15,17H2,1H3. The molecular weight excluding hydrogens is 538 g/mol. The summed E-state index contributed by atoms with van der Waals surface area (Å²) in [5.41, 5.74) is 1.70. The number of amides is 1. The van der Waals surface area contributed by atoms with Gasteiger partial charge in [-0.25, -0.2) is 8.42 Å². The van der Waals surface area contributed by atoms with Crippen LogP contribution in [0.1, 0.15) is 28.5 Å². The van der Waals surface area contributed by atoms with Crippen LogP contribution in [0.25, 0.3) is 0 Å². The first-order valence-corrected chi connectivity index (χ1v) is 14.3. The van der Waals surface area contributed by atoms with E-state index in [-0.39, 0.29) is 35.6 Å². The summed E-state index contributed by atoms with van der Waals surface area (Å²) in [5, 5.41) is 13.6. The molecule has 1 amide bonds. The molecule has 2 heterocycles. The summed E-state index contributed by atoms with van der Waals surface area (Å²) in [4.78, 5) is 26.9. The molecule has 0 spiro atoms. The number of nitro benzene ring substituents is 1. The van der Waals surface area contributed by atoms with Crippen molar-refractivity contribution in [3.8, 4) is 0 Å². The van der Waals surface area contributed by atoms with Crippen molar-refractivity contribution >= 4 is 44.6 Å². The zero-order valence-electron chi connectivity index (χ0n) is 20.1. The summed E-state index contributed by atoms with van der Waals surface area (Å²) >= 11 is 7.73. The molecule has 0 aliphatic carbocycles. The van der Waals surface area contributed by atoms with Crippen molar-refractivity contribution in [1.29, 1.82) is 0 Å². The van der Waals surface area contributed by atoms with Crippen LogP contribution in [0, 0.1) is 10.1 Å². The number of methoxy groups -OCH3 is 1. The van der Waals surface area contributed by atoms with Crippen molar-refractivity contribution in [3.05, 3.63) is 91.1 Å². The Balaban J connectivity index is 1.64. The van der Waals surface area contributed by atoms with Gasteiger partial charge >= 0.3 is 0 Å². The van der Waals surface area contributed by atoms with Crippen molar-refractivity contribution in [2.75, 3.05) is 33.4 Å². The second-order valence-corrected chi connectivity index (χ2v) is 11.9. The minimum Gasteiger partial charge on any atom is -0.385 e. The topological polar surface area (TPSA) is 110 Å². The maximum atomic E-state index is 13.7. The molecule has 0 fully saturated rings. The van der Waals surface area contributed by atoms with Crippen LogP contribution >= 0.6 is 22.9 Å². The summed E-state index contributed by atoms with van der Waals surface area (Å²) in [6, 6.07) is 13.6. The number of benzene rings is 2. The third-order valence-corrected chi connectivity index (χ3v) is 9.33. The molecule has 0 N–H and O–H groups in total. The lowest BCUT2D eigenvalue weighted by Gasteiger charge is -2.37. The number of thiophene rings is 1. The summed E-state index contributed by atoms with van der Waals surface area (Å²) in [6.07, 6.45) is 1.06. The van der Waals surface area contributed by atoms with E-state index in [9.17, 15) is 23.3 Å². The molecule has 0 saturated carbocycles. The second kappa shape index (κ2) is 11.7. The number of nitro groups is 1. The fraction of sp³-hybridized carbons (Fsp3) is 0.320. The number of ether oxygens (including phenoxy) is 1. The summed E-state index contributed by atoms with van der Waals surface area (Å²) in [6.45, 7) is 0.452. The minimum atomic E-state index is -4.10. The van der Waals surface area contributed by atoms with E-state index >= 15 is 0 Å². The molecule has 2 aromatic carbocycles. The van der Waals surface area contributed by atoms with Gasteiger partial charge in [0.05, 0.1) is 22.4 Å². The van der Waals surface area contributed by atoms with E-state index in [0.717, 1.165) is 27.6 Å². The predicted octanol–water partition coefficient (Wildman–Crippen LogP) is 4.51. The molecule has 1 aromatic heterocycles. The lowest BCUT2D eigenvalue weighted by atomic mass is 9.93. The molecular formula is C25H26ClN3O6S2. The van der Waals surface area contributed by atoms with Crippen LogP contribution in [0.15, 0.2) is 64.9 Å². The maximum Gasteiger partial charge on any atom is 0.269 e. The number of fused-ring (bicyclic) bond motifs is 1. The number of hydrogen-bond acceptors (Lipinski definition) is 7. The van der Waals surface area contributed by atoms with E-state index in [1.54, 1.807) is 28.4 Å². The first-order valence-electron chi connectivity index (χ1n) is 11.6. The van der Waals surface area contributed by atoms with Crippen molar-refractivity contribution in [1.82, 2.24) is 9.21 Å². The summed E-state index contributed by atoms with van der Waals surface area (Å²) in [5.74, 6) is -0.334. The number of carbonyl (C=O) groups is 1. The van der Waals surface area contributed by atoms with Gasteiger partial charge in [-0.1, -0.05) is 23.7 Å². The monoisotopic (exact) mass is 563 g/mol. The van der Waals surface area contributed by atoms with Gasteiger partial charge in [0.2, 0.25) is 15.9 Å². The average Bonchev–Trinajstić information content (AvgIpc) is 3.37. The van der Waals surface area contributed by atoms with Gasteiger partial charge in [0.15, 0.2) is 0 Å². The van der Waals surface area contributed by atoms with Gasteiger partial charge in [-0.05, 0) is 59.7 Å². The zero-order valence-corrected chi connectivity index (χ0v) is 22.5. The summed E-state index contributed by atoms with van der Waals surface area (Å²) in [7, 11) is -2.59. The van der Waals surface area contributed by atoms with Crippen LogP contribution in [0.3, 0.4) is 0 Å². The lowest BCUT2D eigenvalue weighted by Crippen LogP contribution is -2.47. The Kier molecular flexibility index (Phi) is 8.60. The molecule has 1 atom stereocenters. The normalized spacial score (nSPS) is 15.5. The van der Waals surface area contributed by atoms with E-state index in [0.29, 0.717) is 31.0 Å². The van der Waals surface area contributed by atoms with Gasteiger partial charge in [0, 0.05) is 48.8 Å². The highest BCUT2D eigenvalue weighted by molar-refractivity contribution is 7.89. The van der Waals surface area contributed by atoms with E-state index in [2.05, 4.69) is 0 Å². The fourth-order valence-corrected chi connectivity index (χ4v) is 6.85. The van der Waals surface area contributed by atoms with Crippen LogP contribution in [0.5, 0.6) is 0 Å². The molecule has 4 rings (SSSR count). The molecule has 1 aliphatic heterocycles. The highest BCUT2D eigenvalue weighted by Gasteiger charge is 2.35. The Bertz CT molecular complexity index is 1360. The maximum absolute atomic E-state index is 13.7. The van der Waals surface area contributed by atoms with Crippen molar-refractivity contribution in [2.45, 2.75) is 23.8 Å². The lowest BCUT2D eigenvalue weighted by molar-refractivity contribution is -0.384. The molecule has 0 bridgehead atoms. The molecule has 1 aliphatic rings. The number of rotatable bonds is 10. The third kappa shape index (κ3) is 6.02. The van der Waals surface area contributed by atoms with Crippen molar-refractivity contribution in [2.24, 2.45) is 0 Å². The van der Waals surface area contributed by atoms with Crippen LogP contribution in [-0.2, 0) is 26.0 Å². The van der Waals surface area contributed by atoms with Crippen LogP contribution in [0.4, 0.5) is 5.69 Å². The van der Waals surface area contributed by atoms with Crippen LogP contribution < -0.4 is 0 Å². The van der Waals surface area contributed by atoms with E-state index < -0.39 is 14.9 Å². The Morgan fingerprint density at radius 1 is 1.19 bits per heavy atom. The molecule has 12 heteroatoms. The molecule has 0 saturated heterocycles. The smallest absolute Gasteiger partial charge is 0.269 e. The molecule has 1 unspecified atom stereocenters. The van der Waals surface area contributed by atoms with E-state index in [4.69, 9.17) is 16.3 Å². The number of carbonyl (C=O) groups excluding carboxylic acids is 1. The SMILES string of the molecule is COCCCN(CC(=O)N1CCc2sccc2C1c1ccc(Cl)cc1)S(=O)(=O)c1ccc([N+](=O)[O-])cc1. The third-order valence-electron chi connectivity index (χ3n) is 6.22. The number of nitrogens with zero attached hydrogens (tertiary/aromatic N) is 3. The zero-order chi connectivity index (χ0) is 26.6. The van der Waals surface area contributed by atoms with Crippen LogP contribution in [0.2, 0.25) is 5.02 Å². The summed E-state index contributed by atoms with van der Waals surface area (Å²) < 4.78 is 33.2. The highest BCUT2D eigenvalue weighted by atomic mass is 35.5. The molecule has 3 aromatic rings. The first-order chi connectivity index (χ1) is 17.7. The largest absolute Gasteiger partial charge is 0.385 e. The Labute approximate surface area is 224 Å². The molecule has 9 nitrogen and oxygen atoms in total. The average molecular weight is 564 g/mol. The number of halogens is 1. The number of non-ortho nitro benzene ring substituents is 1. The Hall–Kier alpha value is -2.83. The van der Waals surface area contributed by atoms with Crippen molar-refractivity contribution < 1.29 is 22.9 Å². The van der Waals surface area contributed by atoms with Gasteiger partial charge < -0.3 is 9.64 Å². The molecule has 37 heavy (non-hydrogen) atoms. The van der Waals surface area contributed by atoms with Gasteiger partial charge in [-0.3, -0.25) is 14.9 Å². The van der Waals surface area contributed by atoms with E-state index in [1.807, 2.05) is 23.6 Å². The van der Waals surface area contributed by atoms with Gasteiger partial charge in [-0.15, -0.1) is 11.3 Å². The van der Waals surface area contributed by atoms with Crippen molar-refractivity contribution in [3.63, 3.8) is 0 Å². The predicted molar refractivity (Wildman–Crippen MR) is 141 cm³/mol. The van der Waals surface area contributed by atoms with Gasteiger partial charge in [0.25, 0.3) is 5.69 Å². The fourth-order valence-electron chi connectivity index (χ4n) is 4.39. The van der Waals surface area contributed by atoms with E-state index in [1.165, 1.54) is 24.1 Å². The second-order valence-electron chi connectivity index (χ2n) is 8.53. The van der Waals surface area contributed by atoms with Gasteiger partial charge in [-0.2, -0.15) is 4.31 Å². The number of sulfonamides is 1. The quantitative estimate of drug-likeness (QED) is 0.204. The molecule has 0 radical (unpaired) electrons. The highest BCUT2D eigenvalue weighted by Crippen LogP contribution is 2.38. The van der Waals surface area contributed by atoms with Crippen LogP contribution in [-0.4, -0.2) is 61.8 Å². The first kappa shape index (κ1) is 27.2. The number of hydrogen-bond donors (Lipinski definition) is 0. The Morgan fingerprint density at radius 3 is 2.54 bits per heavy atom.